The molecule has 0 radical (unpaired) electrons. The van der Waals surface area contributed by atoms with Crippen LogP contribution in [0.2, 0.25) is 0 Å². The van der Waals surface area contributed by atoms with Crippen LogP contribution < -0.4 is 5.32 Å². The molecule has 2 nitrogen and oxygen atoms in total. The minimum absolute atomic E-state index is 0.407. The average Bonchev–Trinajstić information content (AvgIpc) is 2.30. The maximum Gasteiger partial charge on any atom is 0.0304 e. The van der Waals surface area contributed by atoms with Gasteiger partial charge in [0.2, 0.25) is 0 Å². The van der Waals surface area contributed by atoms with E-state index in [-0.39, 0.29) is 0 Å². The van der Waals surface area contributed by atoms with E-state index >= 15 is 0 Å². The molecule has 0 saturated carbocycles. The topological polar surface area (TPSA) is 15.3 Å². The van der Waals surface area contributed by atoms with Crippen molar-refractivity contribution in [2.75, 3.05) is 26.2 Å². The van der Waals surface area contributed by atoms with Crippen LogP contribution in [0.1, 0.15) is 52.9 Å². The predicted molar refractivity (Wildman–Crippen MR) is 67.3 cm³/mol. The quantitative estimate of drug-likeness (QED) is 0.681. The molecule has 1 N–H and O–H groups in total. The molecule has 15 heavy (non-hydrogen) atoms. The number of nitrogens with one attached hydrogen (secondary N) is 1. The summed E-state index contributed by atoms with van der Waals surface area (Å²) in [7, 11) is 0. The van der Waals surface area contributed by atoms with Crippen LogP contribution in [0.15, 0.2) is 0 Å². The molecule has 0 spiro atoms. The number of piperazine rings is 1. The molecule has 0 unspecified atom stereocenters. The molecule has 0 aromatic rings. The fraction of sp³-hybridized carbons (Fsp3) is 1.00. The van der Waals surface area contributed by atoms with E-state index in [1.54, 1.807) is 0 Å². The van der Waals surface area contributed by atoms with Crippen LogP contribution in [-0.4, -0.2) is 36.6 Å². The number of nitrogens with zero attached hydrogens (tertiary/aromatic N) is 1. The van der Waals surface area contributed by atoms with Gasteiger partial charge in [0, 0.05) is 25.2 Å². The van der Waals surface area contributed by atoms with Gasteiger partial charge in [-0.05, 0) is 25.8 Å². The first kappa shape index (κ1) is 13.0. The van der Waals surface area contributed by atoms with E-state index in [1.807, 2.05) is 0 Å². The number of hydrogen-bond donors (Lipinski definition) is 1. The van der Waals surface area contributed by atoms with Crippen molar-refractivity contribution in [2.45, 2.75) is 58.4 Å². The van der Waals surface area contributed by atoms with Crippen LogP contribution in [-0.2, 0) is 0 Å². The van der Waals surface area contributed by atoms with Crippen molar-refractivity contribution >= 4 is 0 Å². The van der Waals surface area contributed by atoms with Crippen molar-refractivity contribution in [3.63, 3.8) is 0 Å². The second-order valence-corrected chi connectivity index (χ2v) is 4.90. The van der Waals surface area contributed by atoms with Gasteiger partial charge >= 0.3 is 0 Å². The molecule has 1 aliphatic rings. The Kier molecular flexibility index (Phi) is 5.62. The largest absolute Gasteiger partial charge is 0.309 e. The van der Waals surface area contributed by atoms with Gasteiger partial charge in [-0.3, -0.25) is 0 Å². The van der Waals surface area contributed by atoms with E-state index in [0.717, 1.165) is 0 Å². The first-order valence-corrected chi connectivity index (χ1v) is 6.73. The molecule has 1 saturated heterocycles. The van der Waals surface area contributed by atoms with Crippen molar-refractivity contribution in [2.24, 2.45) is 0 Å². The van der Waals surface area contributed by atoms with E-state index in [0.29, 0.717) is 5.54 Å². The van der Waals surface area contributed by atoms with Gasteiger partial charge in [0.05, 0.1) is 0 Å². The Morgan fingerprint density at radius 2 is 1.87 bits per heavy atom. The average molecular weight is 212 g/mol. The van der Waals surface area contributed by atoms with Crippen molar-refractivity contribution < 1.29 is 0 Å². The van der Waals surface area contributed by atoms with Crippen molar-refractivity contribution in [3.05, 3.63) is 0 Å². The van der Waals surface area contributed by atoms with E-state index in [9.17, 15) is 0 Å². The summed E-state index contributed by atoms with van der Waals surface area (Å²) in [5, 5.41) is 3.71. The zero-order valence-corrected chi connectivity index (χ0v) is 10.8. The van der Waals surface area contributed by atoms with Gasteiger partial charge in [-0.15, -0.1) is 0 Å². The zero-order valence-electron chi connectivity index (χ0n) is 10.8. The molecule has 1 rings (SSSR count). The smallest absolute Gasteiger partial charge is 0.0304 e. The molecule has 1 aliphatic heterocycles. The predicted octanol–water partition coefficient (Wildman–Crippen LogP) is 2.64. The summed E-state index contributed by atoms with van der Waals surface area (Å²) < 4.78 is 0. The number of rotatable bonds is 6. The second kappa shape index (κ2) is 6.49. The second-order valence-electron chi connectivity index (χ2n) is 4.90. The van der Waals surface area contributed by atoms with Crippen LogP contribution in [0.3, 0.4) is 0 Å². The van der Waals surface area contributed by atoms with Gasteiger partial charge in [-0.25, -0.2) is 0 Å². The highest BCUT2D eigenvalue weighted by atomic mass is 15.2. The first-order chi connectivity index (χ1) is 7.26. The molecule has 0 aromatic heterocycles. The molecule has 1 fully saturated rings. The molecule has 1 heterocycles. The van der Waals surface area contributed by atoms with Crippen LogP contribution >= 0.6 is 0 Å². The monoisotopic (exact) mass is 212 g/mol. The summed E-state index contributed by atoms with van der Waals surface area (Å²) in [6.07, 6.45) is 6.61. The third-order valence-corrected chi connectivity index (χ3v) is 3.89. The normalized spacial score (nSPS) is 21.8. The van der Waals surface area contributed by atoms with Crippen LogP contribution in [0.4, 0.5) is 0 Å². The lowest BCUT2D eigenvalue weighted by atomic mass is 9.90. The van der Waals surface area contributed by atoms with Crippen LogP contribution in [0.25, 0.3) is 0 Å². The lowest BCUT2D eigenvalue weighted by molar-refractivity contribution is 0.122. The van der Waals surface area contributed by atoms with E-state index in [4.69, 9.17) is 0 Å². The van der Waals surface area contributed by atoms with E-state index in [1.165, 1.54) is 58.3 Å². The molecule has 0 atom stereocenters. The fourth-order valence-corrected chi connectivity index (χ4v) is 2.54. The van der Waals surface area contributed by atoms with Crippen molar-refractivity contribution in [1.82, 2.24) is 10.2 Å². The molecule has 90 valence electrons. The molecule has 2 heteroatoms. The minimum atomic E-state index is 0.407. The molecule has 0 aromatic carbocycles. The van der Waals surface area contributed by atoms with Gasteiger partial charge in [-0.2, -0.15) is 0 Å². The number of unbranched alkanes of at least 4 members (excludes halogenated alkanes) is 2. The lowest BCUT2D eigenvalue weighted by Crippen LogP contribution is -2.59. The third-order valence-electron chi connectivity index (χ3n) is 3.89. The third kappa shape index (κ3) is 3.76. The van der Waals surface area contributed by atoms with E-state index in [2.05, 4.69) is 31.0 Å². The first-order valence-electron chi connectivity index (χ1n) is 6.73. The van der Waals surface area contributed by atoms with Gasteiger partial charge in [-0.1, -0.05) is 33.6 Å². The Morgan fingerprint density at radius 1 is 1.13 bits per heavy atom. The van der Waals surface area contributed by atoms with Gasteiger partial charge in [0.15, 0.2) is 0 Å². The SMILES string of the molecule is CCCCCN1CCNC(CC)(CC)C1. The van der Waals surface area contributed by atoms with E-state index < -0.39 is 0 Å². The summed E-state index contributed by atoms with van der Waals surface area (Å²) in [6.45, 7) is 11.9. The highest BCUT2D eigenvalue weighted by molar-refractivity contribution is 4.92. The highest BCUT2D eigenvalue weighted by Crippen LogP contribution is 2.20. The van der Waals surface area contributed by atoms with Crippen molar-refractivity contribution in [3.8, 4) is 0 Å². The Labute approximate surface area is 95.4 Å². The molecule has 0 aliphatic carbocycles. The Morgan fingerprint density at radius 3 is 2.47 bits per heavy atom. The summed E-state index contributed by atoms with van der Waals surface area (Å²) in [6, 6.07) is 0. The molecular weight excluding hydrogens is 184 g/mol. The zero-order chi connectivity index (χ0) is 11.1. The standard InChI is InChI=1S/C13H28N2/c1-4-7-8-10-15-11-9-14-13(5-2,6-3)12-15/h14H,4-12H2,1-3H3. The summed E-state index contributed by atoms with van der Waals surface area (Å²) in [4.78, 5) is 2.65. The minimum Gasteiger partial charge on any atom is -0.309 e. The van der Waals surface area contributed by atoms with Crippen LogP contribution in [0, 0.1) is 0 Å². The molecule has 0 bridgehead atoms. The lowest BCUT2D eigenvalue weighted by Gasteiger charge is -2.43. The Bertz CT molecular complexity index is 164. The Hall–Kier alpha value is -0.0800. The summed E-state index contributed by atoms with van der Waals surface area (Å²) in [5.41, 5.74) is 0.407. The maximum atomic E-state index is 3.71. The molecule has 0 amide bonds. The summed E-state index contributed by atoms with van der Waals surface area (Å²) >= 11 is 0. The van der Waals surface area contributed by atoms with Crippen molar-refractivity contribution in [1.29, 1.82) is 0 Å². The maximum absolute atomic E-state index is 3.71. The van der Waals surface area contributed by atoms with Gasteiger partial charge < -0.3 is 10.2 Å². The van der Waals surface area contributed by atoms with Gasteiger partial charge in [0.25, 0.3) is 0 Å². The highest BCUT2D eigenvalue weighted by Gasteiger charge is 2.31. The van der Waals surface area contributed by atoms with Crippen LogP contribution in [0.5, 0.6) is 0 Å². The number of hydrogen-bond acceptors (Lipinski definition) is 2. The fourth-order valence-electron chi connectivity index (χ4n) is 2.54. The Balaban J connectivity index is 2.34. The summed E-state index contributed by atoms with van der Waals surface area (Å²) in [5.74, 6) is 0. The van der Waals surface area contributed by atoms with Gasteiger partial charge in [0.1, 0.15) is 0 Å². The molecular formula is C13H28N2.